The third-order valence-corrected chi connectivity index (χ3v) is 2.98. The molecule has 1 heteroatoms. The number of rotatable bonds is 10. The second-order valence-corrected chi connectivity index (χ2v) is 4.86. The number of hydrogen-bond donors (Lipinski definition) is 0. The molecule has 0 saturated carbocycles. The molecule has 1 atom stereocenters. The molecular weight excluding hydrogens is 194 g/mol. The normalized spacial score (nSPS) is 12.2. The van der Waals surface area contributed by atoms with Crippen LogP contribution in [0.3, 0.4) is 0 Å². The molecule has 0 saturated heterocycles. The lowest BCUT2D eigenvalue weighted by atomic mass is 10.0. The van der Waals surface area contributed by atoms with E-state index in [1.54, 1.807) is 0 Å². The minimum Gasteiger partial charge on any atom is -0.375 e. The van der Waals surface area contributed by atoms with Gasteiger partial charge in [0.05, 0.1) is 0 Å². The van der Waals surface area contributed by atoms with E-state index in [9.17, 15) is 0 Å². The summed E-state index contributed by atoms with van der Waals surface area (Å²) in [5, 5.41) is 0. The molecule has 94 valence electrons. The Labute approximate surface area is 102 Å². The SMILES string of the molecule is C=CCCN(CC(C)CCCCC)C(=C)C. The highest BCUT2D eigenvalue weighted by Gasteiger charge is 2.08. The van der Waals surface area contributed by atoms with Crippen LogP contribution in [0.1, 0.15) is 52.9 Å². The average Bonchev–Trinajstić information content (AvgIpc) is 2.24. The molecule has 0 N–H and O–H groups in total. The van der Waals surface area contributed by atoms with Gasteiger partial charge < -0.3 is 4.90 Å². The van der Waals surface area contributed by atoms with Gasteiger partial charge in [0.2, 0.25) is 0 Å². The van der Waals surface area contributed by atoms with Gasteiger partial charge in [-0.05, 0) is 25.7 Å². The van der Waals surface area contributed by atoms with Crippen molar-refractivity contribution in [1.29, 1.82) is 0 Å². The molecule has 0 heterocycles. The van der Waals surface area contributed by atoms with Gasteiger partial charge in [-0.1, -0.05) is 45.8 Å². The molecule has 0 radical (unpaired) electrons. The first-order chi connectivity index (χ1) is 7.61. The molecule has 0 aromatic carbocycles. The van der Waals surface area contributed by atoms with Crippen molar-refractivity contribution >= 4 is 0 Å². The molecular formula is C15H29N. The molecule has 1 nitrogen and oxygen atoms in total. The van der Waals surface area contributed by atoms with Gasteiger partial charge in [-0.15, -0.1) is 6.58 Å². The van der Waals surface area contributed by atoms with Crippen LogP contribution >= 0.6 is 0 Å². The molecule has 0 amide bonds. The lowest BCUT2D eigenvalue weighted by Crippen LogP contribution is -2.27. The van der Waals surface area contributed by atoms with Crippen LogP contribution in [0.15, 0.2) is 24.9 Å². The highest BCUT2D eigenvalue weighted by molar-refractivity contribution is 4.90. The van der Waals surface area contributed by atoms with E-state index in [0.717, 1.165) is 25.4 Å². The Bertz CT molecular complexity index is 196. The van der Waals surface area contributed by atoms with E-state index in [2.05, 4.69) is 38.8 Å². The quantitative estimate of drug-likeness (QED) is 0.386. The van der Waals surface area contributed by atoms with Crippen LogP contribution in [0.25, 0.3) is 0 Å². The average molecular weight is 223 g/mol. The van der Waals surface area contributed by atoms with Crippen molar-refractivity contribution in [2.24, 2.45) is 5.92 Å². The fourth-order valence-corrected chi connectivity index (χ4v) is 1.90. The Hall–Kier alpha value is -0.720. The summed E-state index contributed by atoms with van der Waals surface area (Å²) in [5.74, 6) is 0.771. The van der Waals surface area contributed by atoms with Gasteiger partial charge in [0.15, 0.2) is 0 Å². The highest BCUT2D eigenvalue weighted by atomic mass is 15.1. The van der Waals surface area contributed by atoms with Crippen molar-refractivity contribution in [2.75, 3.05) is 13.1 Å². The zero-order valence-electron chi connectivity index (χ0n) is 11.5. The van der Waals surface area contributed by atoms with Crippen molar-refractivity contribution in [3.63, 3.8) is 0 Å². The second kappa shape index (κ2) is 9.50. The molecule has 0 aromatic heterocycles. The van der Waals surface area contributed by atoms with Crippen LogP contribution < -0.4 is 0 Å². The van der Waals surface area contributed by atoms with Crippen molar-refractivity contribution in [2.45, 2.75) is 52.9 Å². The summed E-state index contributed by atoms with van der Waals surface area (Å²) >= 11 is 0. The maximum Gasteiger partial charge on any atom is 0.0209 e. The predicted octanol–water partition coefficient (Wildman–Crippen LogP) is 4.61. The summed E-state index contributed by atoms with van der Waals surface area (Å²) in [6, 6.07) is 0. The van der Waals surface area contributed by atoms with Gasteiger partial charge in [0.1, 0.15) is 0 Å². The summed E-state index contributed by atoms with van der Waals surface area (Å²) in [6.07, 6.45) is 8.42. The molecule has 0 aromatic rings. The van der Waals surface area contributed by atoms with Crippen LogP contribution in [0.5, 0.6) is 0 Å². The summed E-state index contributed by atoms with van der Waals surface area (Å²) in [7, 11) is 0. The van der Waals surface area contributed by atoms with Gasteiger partial charge in [-0.3, -0.25) is 0 Å². The van der Waals surface area contributed by atoms with Crippen LogP contribution in [-0.2, 0) is 0 Å². The fourth-order valence-electron chi connectivity index (χ4n) is 1.90. The summed E-state index contributed by atoms with van der Waals surface area (Å²) in [5.41, 5.74) is 1.18. The summed E-state index contributed by atoms with van der Waals surface area (Å²) < 4.78 is 0. The van der Waals surface area contributed by atoms with Crippen LogP contribution in [0.2, 0.25) is 0 Å². The standard InChI is InChI=1S/C15H29N/c1-6-8-10-11-15(5)13-16(14(3)4)12-9-7-2/h7,15H,2-3,6,8-13H2,1,4-5H3. The van der Waals surface area contributed by atoms with E-state index in [1.165, 1.54) is 31.4 Å². The van der Waals surface area contributed by atoms with Crippen LogP contribution in [0.4, 0.5) is 0 Å². The first-order valence-electron chi connectivity index (χ1n) is 6.63. The van der Waals surface area contributed by atoms with Crippen LogP contribution in [0, 0.1) is 5.92 Å². The van der Waals surface area contributed by atoms with E-state index < -0.39 is 0 Å². The summed E-state index contributed by atoms with van der Waals surface area (Å²) in [4.78, 5) is 2.39. The number of nitrogens with zero attached hydrogens (tertiary/aromatic N) is 1. The molecule has 0 aliphatic heterocycles. The van der Waals surface area contributed by atoms with Gasteiger partial charge in [-0.25, -0.2) is 0 Å². The van der Waals surface area contributed by atoms with Crippen molar-refractivity contribution in [3.8, 4) is 0 Å². The number of unbranched alkanes of at least 4 members (excludes halogenated alkanes) is 2. The molecule has 0 rings (SSSR count). The molecule has 0 spiro atoms. The lowest BCUT2D eigenvalue weighted by molar-refractivity contribution is 0.288. The molecule has 1 unspecified atom stereocenters. The van der Waals surface area contributed by atoms with Crippen LogP contribution in [-0.4, -0.2) is 18.0 Å². The van der Waals surface area contributed by atoms with Gasteiger partial charge in [0, 0.05) is 18.8 Å². The van der Waals surface area contributed by atoms with Crippen molar-refractivity contribution in [1.82, 2.24) is 4.90 Å². The largest absolute Gasteiger partial charge is 0.375 e. The topological polar surface area (TPSA) is 3.24 Å². The maximum atomic E-state index is 4.05. The van der Waals surface area contributed by atoms with E-state index in [-0.39, 0.29) is 0 Å². The van der Waals surface area contributed by atoms with E-state index in [0.29, 0.717) is 0 Å². The van der Waals surface area contributed by atoms with E-state index in [1.807, 2.05) is 6.08 Å². The monoisotopic (exact) mass is 223 g/mol. The Morgan fingerprint density at radius 2 is 2.06 bits per heavy atom. The zero-order valence-corrected chi connectivity index (χ0v) is 11.5. The minimum atomic E-state index is 0.771. The van der Waals surface area contributed by atoms with E-state index >= 15 is 0 Å². The first-order valence-corrected chi connectivity index (χ1v) is 6.63. The molecule has 0 aliphatic carbocycles. The maximum absolute atomic E-state index is 4.05. The molecule has 0 bridgehead atoms. The predicted molar refractivity (Wildman–Crippen MR) is 74.5 cm³/mol. The Kier molecular flexibility index (Phi) is 9.07. The third-order valence-electron chi connectivity index (χ3n) is 2.98. The molecule has 0 fully saturated rings. The number of allylic oxidation sites excluding steroid dienone is 1. The van der Waals surface area contributed by atoms with Gasteiger partial charge in [-0.2, -0.15) is 0 Å². The van der Waals surface area contributed by atoms with Crippen molar-refractivity contribution < 1.29 is 0 Å². The highest BCUT2D eigenvalue weighted by Crippen LogP contribution is 2.13. The lowest BCUT2D eigenvalue weighted by Gasteiger charge is -2.27. The van der Waals surface area contributed by atoms with Gasteiger partial charge in [0.25, 0.3) is 0 Å². The number of hydrogen-bond acceptors (Lipinski definition) is 1. The fraction of sp³-hybridized carbons (Fsp3) is 0.733. The van der Waals surface area contributed by atoms with Gasteiger partial charge >= 0.3 is 0 Å². The minimum absolute atomic E-state index is 0.771. The zero-order chi connectivity index (χ0) is 12.4. The third kappa shape index (κ3) is 7.56. The molecule has 0 aliphatic rings. The summed E-state index contributed by atoms with van der Waals surface area (Å²) in [6.45, 7) is 16.7. The Morgan fingerprint density at radius 1 is 1.38 bits per heavy atom. The first kappa shape index (κ1) is 15.3. The van der Waals surface area contributed by atoms with Crippen molar-refractivity contribution in [3.05, 3.63) is 24.9 Å². The Balaban J connectivity index is 3.87. The second-order valence-electron chi connectivity index (χ2n) is 4.86. The molecule has 16 heavy (non-hydrogen) atoms. The Morgan fingerprint density at radius 3 is 2.56 bits per heavy atom. The van der Waals surface area contributed by atoms with E-state index in [4.69, 9.17) is 0 Å². The smallest absolute Gasteiger partial charge is 0.0209 e.